The van der Waals surface area contributed by atoms with Crippen molar-refractivity contribution in [1.82, 2.24) is 9.80 Å². The molecule has 1 aliphatic carbocycles. The number of aryl methyl sites for hydroxylation is 1. The standard InChI is InChI=1S/C18H29N3/c1-20(2)13-17-8-5-11-21(17)18(14-19)10-9-15-6-3-4-7-16(15)12-18/h3-4,6-7,17H,5,8-14,19H2,1-2H3. The molecule has 3 heteroatoms. The van der Waals surface area contributed by atoms with Gasteiger partial charge in [0.1, 0.15) is 0 Å². The van der Waals surface area contributed by atoms with Crippen LogP contribution in [0.15, 0.2) is 24.3 Å². The van der Waals surface area contributed by atoms with Gasteiger partial charge in [0, 0.05) is 24.7 Å². The van der Waals surface area contributed by atoms with E-state index in [2.05, 4.69) is 48.2 Å². The molecule has 2 N–H and O–H groups in total. The third-order valence-electron chi connectivity index (χ3n) is 5.44. The highest BCUT2D eigenvalue weighted by Crippen LogP contribution is 2.37. The van der Waals surface area contributed by atoms with Gasteiger partial charge in [-0.25, -0.2) is 0 Å². The van der Waals surface area contributed by atoms with Crippen molar-refractivity contribution >= 4 is 0 Å². The van der Waals surface area contributed by atoms with Crippen molar-refractivity contribution in [2.45, 2.75) is 43.7 Å². The molecule has 0 saturated carbocycles. The molecule has 2 aliphatic rings. The maximum atomic E-state index is 6.31. The molecule has 0 amide bonds. The van der Waals surface area contributed by atoms with Crippen LogP contribution in [0.1, 0.15) is 30.4 Å². The van der Waals surface area contributed by atoms with Crippen molar-refractivity contribution in [1.29, 1.82) is 0 Å². The Hall–Kier alpha value is -0.900. The van der Waals surface area contributed by atoms with Crippen LogP contribution in [-0.2, 0) is 12.8 Å². The third-order valence-corrected chi connectivity index (χ3v) is 5.44. The topological polar surface area (TPSA) is 32.5 Å². The van der Waals surface area contributed by atoms with Crippen LogP contribution >= 0.6 is 0 Å². The highest BCUT2D eigenvalue weighted by molar-refractivity contribution is 5.32. The molecule has 1 aromatic rings. The van der Waals surface area contributed by atoms with Crippen molar-refractivity contribution < 1.29 is 0 Å². The molecule has 2 atom stereocenters. The highest BCUT2D eigenvalue weighted by atomic mass is 15.3. The molecule has 1 aliphatic heterocycles. The fourth-order valence-corrected chi connectivity index (χ4v) is 4.39. The van der Waals surface area contributed by atoms with Crippen LogP contribution < -0.4 is 5.73 Å². The first-order chi connectivity index (χ1) is 10.1. The Labute approximate surface area is 129 Å². The Morgan fingerprint density at radius 1 is 1.29 bits per heavy atom. The molecule has 0 aromatic heterocycles. The summed E-state index contributed by atoms with van der Waals surface area (Å²) >= 11 is 0. The van der Waals surface area contributed by atoms with Gasteiger partial charge in [0.25, 0.3) is 0 Å². The molecule has 3 rings (SSSR count). The lowest BCUT2D eigenvalue weighted by molar-refractivity contribution is 0.0555. The number of rotatable bonds is 4. The molecular weight excluding hydrogens is 258 g/mol. The van der Waals surface area contributed by atoms with Crippen LogP contribution in [0.3, 0.4) is 0 Å². The second kappa shape index (κ2) is 6.07. The minimum atomic E-state index is 0.186. The van der Waals surface area contributed by atoms with Gasteiger partial charge in [0.2, 0.25) is 0 Å². The van der Waals surface area contributed by atoms with Crippen molar-refractivity contribution in [3.05, 3.63) is 35.4 Å². The normalized spacial score (nSPS) is 29.8. The van der Waals surface area contributed by atoms with Gasteiger partial charge in [-0.05, 0) is 63.9 Å². The van der Waals surface area contributed by atoms with E-state index in [0.717, 1.165) is 19.5 Å². The van der Waals surface area contributed by atoms with E-state index in [9.17, 15) is 0 Å². The van der Waals surface area contributed by atoms with Crippen molar-refractivity contribution in [2.24, 2.45) is 5.73 Å². The average Bonchev–Trinajstić information content (AvgIpc) is 2.94. The summed E-state index contributed by atoms with van der Waals surface area (Å²) in [5.41, 5.74) is 9.55. The summed E-state index contributed by atoms with van der Waals surface area (Å²) in [6.07, 6.45) is 6.16. The van der Waals surface area contributed by atoms with E-state index in [1.54, 1.807) is 0 Å². The summed E-state index contributed by atoms with van der Waals surface area (Å²) in [6.45, 7) is 3.16. The lowest BCUT2D eigenvalue weighted by atomic mass is 9.76. The maximum Gasteiger partial charge on any atom is 0.0378 e. The van der Waals surface area contributed by atoms with Crippen molar-refractivity contribution in [3.63, 3.8) is 0 Å². The Bertz CT molecular complexity index is 485. The van der Waals surface area contributed by atoms with Gasteiger partial charge in [-0.2, -0.15) is 0 Å². The molecule has 0 spiro atoms. The molecule has 21 heavy (non-hydrogen) atoms. The Morgan fingerprint density at radius 2 is 2.05 bits per heavy atom. The van der Waals surface area contributed by atoms with Crippen molar-refractivity contribution in [3.8, 4) is 0 Å². The second-order valence-corrected chi connectivity index (χ2v) is 7.13. The van der Waals surface area contributed by atoms with Crippen LogP contribution in [0.4, 0.5) is 0 Å². The van der Waals surface area contributed by atoms with E-state index in [1.165, 1.54) is 43.4 Å². The van der Waals surface area contributed by atoms with Crippen LogP contribution in [-0.4, -0.2) is 55.1 Å². The van der Waals surface area contributed by atoms with Crippen LogP contribution in [0, 0.1) is 0 Å². The molecular formula is C18H29N3. The van der Waals surface area contributed by atoms with E-state index in [1.807, 2.05) is 0 Å². The minimum absolute atomic E-state index is 0.186. The van der Waals surface area contributed by atoms with Gasteiger partial charge in [-0.3, -0.25) is 4.90 Å². The van der Waals surface area contributed by atoms with Gasteiger partial charge >= 0.3 is 0 Å². The fraction of sp³-hybridized carbons (Fsp3) is 0.667. The quantitative estimate of drug-likeness (QED) is 0.918. The summed E-state index contributed by atoms with van der Waals surface area (Å²) in [7, 11) is 4.36. The fourth-order valence-electron chi connectivity index (χ4n) is 4.39. The molecule has 1 fully saturated rings. The molecule has 2 unspecified atom stereocenters. The predicted molar refractivity (Wildman–Crippen MR) is 88.5 cm³/mol. The van der Waals surface area contributed by atoms with E-state index in [-0.39, 0.29) is 5.54 Å². The SMILES string of the molecule is CN(C)CC1CCCN1C1(CN)CCc2ccccc2C1. The lowest BCUT2D eigenvalue weighted by Crippen LogP contribution is -2.60. The maximum absolute atomic E-state index is 6.31. The number of hydrogen-bond donors (Lipinski definition) is 1. The molecule has 0 radical (unpaired) electrons. The first-order valence-electron chi connectivity index (χ1n) is 8.33. The Kier molecular flexibility index (Phi) is 4.34. The molecule has 1 aromatic carbocycles. The molecule has 1 saturated heterocycles. The molecule has 0 bridgehead atoms. The highest BCUT2D eigenvalue weighted by Gasteiger charge is 2.43. The number of hydrogen-bond acceptors (Lipinski definition) is 3. The van der Waals surface area contributed by atoms with Gasteiger partial charge in [-0.15, -0.1) is 0 Å². The monoisotopic (exact) mass is 287 g/mol. The molecule has 1 heterocycles. The van der Waals surface area contributed by atoms with E-state index < -0.39 is 0 Å². The minimum Gasteiger partial charge on any atom is -0.329 e. The third kappa shape index (κ3) is 2.87. The first kappa shape index (κ1) is 15.0. The average molecular weight is 287 g/mol. The summed E-state index contributed by atoms with van der Waals surface area (Å²) in [5.74, 6) is 0. The second-order valence-electron chi connectivity index (χ2n) is 7.13. The van der Waals surface area contributed by atoms with Gasteiger partial charge in [0.05, 0.1) is 0 Å². The largest absolute Gasteiger partial charge is 0.329 e. The smallest absolute Gasteiger partial charge is 0.0378 e. The zero-order valence-corrected chi connectivity index (χ0v) is 13.5. The van der Waals surface area contributed by atoms with Crippen LogP contribution in [0.2, 0.25) is 0 Å². The van der Waals surface area contributed by atoms with Crippen LogP contribution in [0.25, 0.3) is 0 Å². The summed E-state index contributed by atoms with van der Waals surface area (Å²) < 4.78 is 0. The van der Waals surface area contributed by atoms with Gasteiger partial charge in [0.15, 0.2) is 0 Å². The number of likely N-dealkylation sites (tertiary alicyclic amines) is 1. The number of likely N-dealkylation sites (N-methyl/N-ethyl adjacent to an activating group) is 1. The van der Waals surface area contributed by atoms with Gasteiger partial charge in [-0.1, -0.05) is 24.3 Å². The Balaban J connectivity index is 1.84. The van der Waals surface area contributed by atoms with E-state index in [0.29, 0.717) is 6.04 Å². The number of fused-ring (bicyclic) bond motifs is 1. The number of benzene rings is 1. The number of nitrogens with two attached hydrogens (primary N) is 1. The molecule has 3 nitrogen and oxygen atoms in total. The predicted octanol–water partition coefficient (Wildman–Crippen LogP) is 1.90. The number of nitrogens with zero attached hydrogens (tertiary/aromatic N) is 2. The summed E-state index contributed by atoms with van der Waals surface area (Å²) in [6, 6.07) is 9.60. The zero-order valence-electron chi connectivity index (χ0n) is 13.5. The van der Waals surface area contributed by atoms with E-state index >= 15 is 0 Å². The first-order valence-corrected chi connectivity index (χ1v) is 8.33. The Morgan fingerprint density at radius 3 is 2.76 bits per heavy atom. The van der Waals surface area contributed by atoms with Gasteiger partial charge < -0.3 is 10.6 Å². The zero-order chi connectivity index (χ0) is 14.9. The van der Waals surface area contributed by atoms with Crippen molar-refractivity contribution in [2.75, 3.05) is 33.7 Å². The molecule has 116 valence electrons. The summed E-state index contributed by atoms with van der Waals surface area (Å²) in [5, 5.41) is 0. The lowest BCUT2D eigenvalue weighted by Gasteiger charge is -2.48. The summed E-state index contributed by atoms with van der Waals surface area (Å²) in [4.78, 5) is 5.08. The van der Waals surface area contributed by atoms with E-state index in [4.69, 9.17) is 5.73 Å². The van der Waals surface area contributed by atoms with Crippen LogP contribution in [0.5, 0.6) is 0 Å².